The summed E-state index contributed by atoms with van der Waals surface area (Å²) in [7, 11) is -3.75. The van der Waals surface area contributed by atoms with Crippen LogP contribution < -0.4 is 16.2 Å². The number of benzene rings is 2. The van der Waals surface area contributed by atoms with Gasteiger partial charge in [-0.2, -0.15) is 14.8 Å². The molecule has 2 heterocycles. The molecule has 0 spiro atoms. The Bertz CT molecular complexity index is 1250. The maximum atomic E-state index is 11.3. The van der Waals surface area contributed by atoms with Crippen molar-refractivity contribution in [1.82, 2.24) is 25.0 Å². The largest absolute Gasteiger partial charge is 0.368 e. The second kappa shape index (κ2) is 7.89. The van der Waals surface area contributed by atoms with Crippen LogP contribution in [0.5, 0.6) is 0 Å². The van der Waals surface area contributed by atoms with Gasteiger partial charge in [0.05, 0.1) is 10.6 Å². The van der Waals surface area contributed by atoms with Gasteiger partial charge in [-0.3, -0.25) is 0 Å². The van der Waals surface area contributed by atoms with Crippen molar-refractivity contribution in [3.05, 3.63) is 78.0 Å². The summed E-state index contributed by atoms with van der Waals surface area (Å²) in [6.45, 7) is 0. The number of nitrogens with one attached hydrogen (secondary N) is 1. The minimum absolute atomic E-state index is 0.0110. The molecular weight excluding hydrogens is 404 g/mol. The number of primary sulfonamides is 1. The Balaban J connectivity index is 1.49. The van der Waals surface area contributed by atoms with Crippen LogP contribution in [-0.4, -0.2) is 33.4 Å². The number of nitrogens with zero attached hydrogens (tertiary/aromatic N) is 5. The van der Waals surface area contributed by atoms with Gasteiger partial charge >= 0.3 is 0 Å². The summed E-state index contributed by atoms with van der Waals surface area (Å²) in [4.78, 5) is 4.16. The van der Waals surface area contributed by atoms with E-state index in [4.69, 9.17) is 10.9 Å². The Hall–Kier alpha value is -3.83. The third-order valence-corrected chi connectivity index (χ3v) is 5.15. The van der Waals surface area contributed by atoms with E-state index >= 15 is 0 Å². The molecule has 5 N–H and O–H groups in total. The number of nitrogen functional groups attached to an aromatic ring is 1. The van der Waals surface area contributed by atoms with Gasteiger partial charge in [0.15, 0.2) is 5.82 Å². The highest BCUT2D eigenvalue weighted by molar-refractivity contribution is 7.89. The Morgan fingerprint density at radius 3 is 2.30 bits per heavy atom. The predicted octanol–water partition coefficient (Wildman–Crippen LogP) is 1.62. The van der Waals surface area contributed by atoms with Gasteiger partial charge in [-0.15, -0.1) is 10.2 Å². The van der Waals surface area contributed by atoms with Crippen molar-refractivity contribution in [2.75, 3.05) is 11.1 Å². The average Bonchev–Trinajstić information content (AvgIpc) is 3.09. The molecule has 0 aliphatic heterocycles. The predicted molar refractivity (Wildman–Crippen MR) is 112 cm³/mol. The van der Waals surface area contributed by atoms with Crippen LogP contribution in [0.2, 0.25) is 0 Å². The number of sulfonamides is 1. The molecule has 152 valence electrons. The highest BCUT2D eigenvalue weighted by Crippen LogP contribution is 2.18. The molecule has 4 rings (SSSR count). The number of aromatic nitrogens is 5. The lowest BCUT2D eigenvalue weighted by molar-refractivity contribution is 0.598. The molecule has 0 saturated heterocycles. The smallest absolute Gasteiger partial charge is 0.248 e. The normalized spacial score (nSPS) is 11.4. The topological polar surface area (TPSA) is 155 Å². The summed E-state index contributed by atoms with van der Waals surface area (Å²) >= 11 is 0. The summed E-state index contributed by atoms with van der Waals surface area (Å²) < 4.78 is 24.0. The summed E-state index contributed by atoms with van der Waals surface area (Å²) in [5.41, 5.74) is 8.48. The van der Waals surface area contributed by atoms with Crippen molar-refractivity contribution in [2.45, 2.75) is 11.3 Å². The van der Waals surface area contributed by atoms with E-state index in [9.17, 15) is 8.42 Å². The van der Waals surface area contributed by atoms with Gasteiger partial charge < -0.3 is 11.1 Å². The molecular formula is C19H18N8O2S. The van der Waals surface area contributed by atoms with Gasteiger partial charge in [-0.25, -0.2) is 13.6 Å². The second-order valence-corrected chi connectivity index (χ2v) is 8.01. The molecule has 0 atom stereocenters. The molecule has 0 amide bonds. The molecule has 0 fully saturated rings. The van der Waals surface area contributed by atoms with Crippen molar-refractivity contribution in [3.63, 3.8) is 0 Å². The first kappa shape index (κ1) is 19.5. The van der Waals surface area contributed by atoms with Crippen molar-refractivity contribution in [1.29, 1.82) is 0 Å². The van der Waals surface area contributed by atoms with Gasteiger partial charge in [-0.1, -0.05) is 30.3 Å². The molecule has 10 nitrogen and oxygen atoms in total. The Morgan fingerprint density at radius 2 is 1.67 bits per heavy atom. The lowest BCUT2D eigenvalue weighted by atomic mass is 10.1. The number of anilines is 3. The molecule has 0 radical (unpaired) electrons. The Morgan fingerprint density at radius 1 is 0.933 bits per heavy atom. The zero-order valence-corrected chi connectivity index (χ0v) is 16.5. The summed E-state index contributed by atoms with van der Waals surface area (Å²) in [5.74, 6) is 0.782. The van der Waals surface area contributed by atoms with E-state index < -0.39 is 10.0 Å². The van der Waals surface area contributed by atoms with Crippen LogP contribution in [0.1, 0.15) is 11.3 Å². The lowest BCUT2D eigenvalue weighted by Crippen LogP contribution is -2.11. The summed E-state index contributed by atoms with van der Waals surface area (Å²) in [6, 6.07) is 19.5. The Kier molecular flexibility index (Phi) is 5.12. The van der Waals surface area contributed by atoms with Crippen molar-refractivity contribution < 1.29 is 8.42 Å². The van der Waals surface area contributed by atoms with Gasteiger partial charge in [0.2, 0.25) is 21.9 Å². The minimum Gasteiger partial charge on any atom is -0.368 e. The zero-order valence-electron chi connectivity index (χ0n) is 15.7. The maximum Gasteiger partial charge on any atom is 0.248 e. The average molecular weight is 422 g/mol. The van der Waals surface area contributed by atoms with Crippen LogP contribution in [0.4, 0.5) is 17.6 Å². The van der Waals surface area contributed by atoms with Gasteiger partial charge in [0.1, 0.15) is 0 Å². The molecule has 4 aromatic rings. The molecule has 0 aliphatic rings. The van der Waals surface area contributed by atoms with Crippen LogP contribution in [0.15, 0.2) is 71.6 Å². The lowest BCUT2D eigenvalue weighted by Gasteiger charge is -2.04. The fraction of sp³-hybridized carbons (Fsp3) is 0.0526. The number of nitrogens with two attached hydrogens (primary N) is 2. The van der Waals surface area contributed by atoms with Crippen LogP contribution in [-0.2, 0) is 16.4 Å². The molecule has 2 aromatic heterocycles. The van der Waals surface area contributed by atoms with Crippen LogP contribution >= 0.6 is 0 Å². The van der Waals surface area contributed by atoms with Crippen LogP contribution in [0, 0.1) is 0 Å². The molecule has 2 aromatic carbocycles. The van der Waals surface area contributed by atoms with Crippen molar-refractivity contribution >= 4 is 27.6 Å². The van der Waals surface area contributed by atoms with E-state index in [0.717, 1.165) is 11.3 Å². The van der Waals surface area contributed by atoms with Gasteiger partial charge in [-0.05, 0) is 42.0 Å². The van der Waals surface area contributed by atoms with E-state index in [-0.39, 0.29) is 16.8 Å². The first-order valence-corrected chi connectivity index (χ1v) is 10.4. The minimum atomic E-state index is -3.75. The van der Waals surface area contributed by atoms with E-state index in [1.165, 1.54) is 16.8 Å². The number of rotatable bonds is 6. The van der Waals surface area contributed by atoms with Crippen molar-refractivity contribution in [3.8, 4) is 5.82 Å². The molecule has 0 unspecified atom stereocenters. The second-order valence-electron chi connectivity index (χ2n) is 6.45. The van der Waals surface area contributed by atoms with Crippen LogP contribution in [0.25, 0.3) is 5.82 Å². The molecule has 0 aliphatic carbocycles. The number of hydrogen-bond acceptors (Lipinski definition) is 8. The van der Waals surface area contributed by atoms with Gasteiger partial charge in [0.25, 0.3) is 0 Å². The maximum absolute atomic E-state index is 11.3. The van der Waals surface area contributed by atoms with Crippen molar-refractivity contribution in [2.24, 2.45) is 5.14 Å². The first-order valence-electron chi connectivity index (χ1n) is 8.88. The monoisotopic (exact) mass is 422 g/mol. The first-order chi connectivity index (χ1) is 14.4. The van der Waals surface area contributed by atoms with E-state index in [1.807, 2.05) is 36.4 Å². The van der Waals surface area contributed by atoms with Gasteiger partial charge in [0, 0.05) is 12.1 Å². The molecule has 0 saturated carbocycles. The van der Waals surface area contributed by atoms with Crippen LogP contribution in [0.3, 0.4) is 0 Å². The fourth-order valence-electron chi connectivity index (χ4n) is 2.77. The molecule has 0 bridgehead atoms. The third kappa shape index (κ3) is 4.42. The Labute approximate surface area is 172 Å². The fourth-order valence-corrected chi connectivity index (χ4v) is 3.28. The SMILES string of the molecule is Nc1nc(Nc2ccc(S(N)(=O)=O)cc2)nn1-c1ccc(Cc2ccccc2)nn1. The quantitative estimate of drug-likeness (QED) is 0.423. The zero-order chi connectivity index (χ0) is 21.1. The number of hydrogen-bond donors (Lipinski definition) is 3. The molecule has 30 heavy (non-hydrogen) atoms. The summed E-state index contributed by atoms with van der Waals surface area (Å²) in [5, 5.41) is 20.8. The van der Waals surface area contributed by atoms with E-state index in [2.05, 4.69) is 25.6 Å². The summed E-state index contributed by atoms with van der Waals surface area (Å²) in [6.07, 6.45) is 0.669. The third-order valence-electron chi connectivity index (χ3n) is 4.22. The van der Waals surface area contributed by atoms with E-state index in [1.54, 1.807) is 18.2 Å². The standard InChI is InChI=1S/C19H18N8O2S/c20-18-23-19(22-14-6-9-16(10-7-14)30(21,28)29)26-27(18)17-11-8-15(24-25-17)12-13-4-2-1-3-5-13/h1-11H,12H2,(H2,21,28,29)(H3,20,22,23,26). The highest BCUT2D eigenvalue weighted by atomic mass is 32.2. The van der Waals surface area contributed by atoms with E-state index in [0.29, 0.717) is 17.9 Å². The molecule has 11 heteroatoms. The highest BCUT2D eigenvalue weighted by Gasteiger charge is 2.12.